The van der Waals surface area contributed by atoms with E-state index < -0.39 is 0 Å². The smallest absolute Gasteiger partial charge is 0.221 e. The van der Waals surface area contributed by atoms with Crippen LogP contribution in [-0.4, -0.2) is 23.8 Å². The Morgan fingerprint density at radius 2 is 2.24 bits per heavy atom. The molecular formula is C13H14N2O2. The van der Waals surface area contributed by atoms with E-state index >= 15 is 0 Å². The predicted octanol–water partition coefficient (Wildman–Crippen LogP) is 1.59. The van der Waals surface area contributed by atoms with Crippen LogP contribution < -0.4 is 5.32 Å². The summed E-state index contributed by atoms with van der Waals surface area (Å²) in [5.74, 6) is -0.00423. The van der Waals surface area contributed by atoms with E-state index in [-0.39, 0.29) is 5.91 Å². The van der Waals surface area contributed by atoms with E-state index in [9.17, 15) is 9.59 Å². The number of amides is 1. The molecule has 0 bridgehead atoms. The molecule has 1 N–H and O–H groups in total. The summed E-state index contributed by atoms with van der Waals surface area (Å²) < 4.78 is 1.94. The molecule has 0 fully saturated rings. The average molecular weight is 230 g/mol. The van der Waals surface area contributed by atoms with Gasteiger partial charge in [-0.2, -0.15) is 0 Å². The lowest BCUT2D eigenvalue weighted by molar-refractivity contribution is -0.120. The number of hydrogen-bond acceptors (Lipinski definition) is 2. The summed E-state index contributed by atoms with van der Waals surface area (Å²) in [5.41, 5.74) is 1.55. The van der Waals surface area contributed by atoms with Gasteiger partial charge in [-0.15, -0.1) is 0 Å². The Morgan fingerprint density at radius 1 is 1.41 bits per heavy atom. The lowest BCUT2D eigenvalue weighted by Gasteiger charge is -2.06. The molecule has 0 aliphatic rings. The number of nitrogens with one attached hydrogen (secondary N) is 1. The molecule has 0 saturated carbocycles. The molecule has 1 aromatic heterocycles. The molecule has 0 unspecified atom stereocenters. The van der Waals surface area contributed by atoms with Crippen molar-refractivity contribution in [2.24, 2.45) is 0 Å². The molecule has 1 heterocycles. The van der Waals surface area contributed by atoms with Gasteiger partial charge in [0.05, 0.1) is 5.52 Å². The third-order valence-corrected chi connectivity index (χ3v) is 2.81. The fourth-order valence-electron chi connectivity index (χ4n) is 1.92. The van der Waals surface area contributed by atoms with E-state index in [1.54, 1.807) is 13.1 Å². The highest BCUT2D eigenvalue weighted by atomic mass is 16.1. The Morgan fingerprint density at radius 3 is 2.94 bits per heavy atom. The van der Waals surface area contributed by atoms with Crippen molar-refractivity contribution in [2.45, 2.75) is 13.0 Å². The van der Waals surface area contributed by atoms with E-state index in [0.29, 0.717) is 18.5 Å². The zero-order chi connectivity index (χ0) is 12.3. The van der Waals surface area contributed by atoms with E-state index in [1.807, 2.05) is 29.0 Å². The first kappa shape index (κ1) is 11.4. The number of nitrogens with zero attached hydrogens (tertiary/aromatic N) is 1. The van der Waals surface area contributed by atoms with Crippen molar-refractivity contribution in [3.05, 3.63) is 36.0 Å². The third kappa shape index (κ3) is 2.20. The number of hydrogen-bond donors (Lipinski definition) is 1. The van der Waals surface area contributed by atoms with Gasteiger partial charge in [-0.1, -0.05) is 12.1 Å². The lowest BCUT2D eigenvalue weighted by atomic mass is 10.1. The number of carbonyl (C=O) groups is 2. The number of para-hydroxylation sites is 1. The van der Waals surface area contributed by atoms with E-state index in [4.69, 9.17) is 0 Å². The molecule has 2 aromatic rings. The Balaban J connectivity index is 2.34. The highest BCUT2D eigenvalue weighted by Crippen LogP contribution is 2.19. The van der Waals surface area contributed by atoms with Crippen molar-refractivity contribution in [3.63, 3.8) is 0 Å². The van der Waals surface area contributed by atoms with Crippen molar-refractivity contribution in [1.29, 1.82) is 0 Å². The van der Waals surface area contributed by atoms with Crippen LogP contribution in [0.1, 0.15) is 16.8 Å². The molecule has 1 amide bonds. The minimum absolute atomic E-state index is 0.00423. The molecule has 0 aliphatic carbocycles. The molecule has 1 aromatic carbocycles. The Labute approximate surface area is 99.2 Å². The Hall–Kier alpha value is -2.10. The number of benzene rings is 1. The predicted molar refractivity (Wildman–Crippen MR) is 66.0 cm³/mol. The van der Waals surface area contributed by atoms with Crippen LogP contribution >= 0.6 is 0 Å². The fourth-order valence-corrected chi connectivity index (χ4v) is 1.92. The van der Waals surface area contributed by atoms with Gasteiger partial charge in [-0.3, -0.25) is 9.59 Å². The SMILES string of the molecule is CNC(=O)CCn1ccc2cccc(C=O)c21. The van der Waals surface area contributed by atoms with Crippen LogP contribution in [0.25, 0.3) is 10.9 Å². The maximum atomic E-state index is 11.2. The molecule has 0 spiro atoms. The van der Waals surface area contributed by atoms with Gasteiger partial charge in [0.1, 0.15) is 0 Å². The number of aromatic nitrogens is 1. The lowest BCUT2D eigenvalue weighted by Crippen LogP contribution is -2.19. The van der Waals surface area contributed by atoms with Crippen molar-refractivity contribution in [2.75, 3.05) is 7.05 Å². The van der Waals surface area contributed by atoms with Crippen LogP contribution in [0.2, 0.25) is 0 Å². The Bertz CT molecular complexity index is 558. The largest absolute Gasteiger partial charge is 0.359 e. The summed E-state index contributed by atoms with van der Waals surface area (Å²) in [7, 11) is 1.62. The quantitative estimate of drug-likeness (QED) is 0.811. The minimum atomic E-state index is -0.00423. The standard InChI is InChI=1S/C13H14N2O2/c1-14-12(17)6-8-15-7-5-10-3-2-4-11(9-16)13(10)15/h2-5,7,9H,6,8H2,1H3,(H,14,17). The number of aryl methyl sites for hydroxylation is 1. The second-order valence-corrected chi connectivity index (χ2v) is 3.84. The van der Waals surface area contributed by atoms with Gasteiger partial charge in [0, 0.05) is 37.2 Å². The number of rotatable bonds is 4. The van der Waals surface area contributed by atoms with Crippen LogP contribution in [0, 0.1) is 0 Å². The van der Waals surface area contributed by atoms with Crippen molar-refractivity contribution >= 4 is 23.1 Å². The second-order valence-electron chi connectivity index (χ2n) is 3.84. The van der Waals surface area contributed by atoms with Crippen molar-refractivity contribution in [1.82, 2.24) is 9.88 Å². The zero-order valence-electron chi connectivity index (χ0n) is 9.64. The van der Waals surface area contributed by atoms with Gasteiger partial charge in [-0.25, -0.2) is 0 Å². The molecule has 4 nitrogen and oxygen atoms in total. The summed E-state index contributed by atoms with van der Waals surface area (Å²) >= 11 is 0. The molecule has 4 heteroatoms. The van der Waals surface area contributed by atoms with Gasteiger partial charge in [-0.05, 0) is 12.1 Å². The average Bonchev–Trinajstić information content (AvgIpc) is 2.79. The summed E-state index contributed by atoms with van der Waals surface area (Å²) in [4.78, 5) is 22.2. The highest BCUT2D eigenvalue weighted by molar-refractivity contribution is 5.96. The normalized spacial score (nSPS) is 10.4. The second kappa shape index (κ2) is 4.82. The number of carbonyl (C=O) groups excluding carboxylic acids is 2. The topological polar surface area (TPSA) is 51.1 Å². The van der Waals surface area contributed by atoms with Gasteiger partial charge < -0.3 is 9.88 Å². The zero-order valence-corrected chi connectivity index (χ0v) is 9.64. The summed E-state index contributed by atoms with van der Waals surface area (Å²) in [6.45, 7) is 0.577. The molecule has 17 heavy (non-hydrogen) atoms. The van der Waals surface area contributed by atoms with Crippen molar-refractivity contribution < 1.29 is 9.59 Å². The summed E-state index contributed by atoms with van der Waals surface area (Å²) in [6.07, 6.45) is 3.16. The molecule has 88 valence electrons. The van der Waals surface area contributed by atoms with Gasteiger partial charge in [0.15, 0.2) is 6.29 Å². The van der Waals surface area contributed by atoms with Gasteiger partial charge in [0.2, 0.25) is 5.91 Å². The molecule has 0 saturated heterocycles. The first-order valence-electron chi connectivity index (χ1n) is 5.50. The van der Waals surface area contributed by atoms with Crippen LogP contribution in [-0.2, 0) is 11.3 Å². The van der Waals surface area contributed by atoms with Gasteiger partial charge in [0.25, 0.3) is 0 Å². The summed E-state index contributed by atoms with van der Waals surface area (Å²) in [5, 5.41) is 3.60. The first-order valence-corrected chi connectivity index (χ1v) is 5.50. The van der Waals surface area contributed by atoms with Crippen LogP contribution in [0.15, 0.2) is 30.5 Å². The van der Waals surface area contributed by atoms with E-state index in [1.165, 1.54) is 0 Å². The van der Waals surface area contributed by atoms with Gasteiger partial charge >= 0.3 is 0 Å². The highest BCUT2D eigenvalue weighted by Gasteiger charge is 2.06. The fraction of sp³-hybridized carbons (Fsp3) is 0.231. The third-order valence-electron chi connectivity index (χ3n) is 2.81. The van der Waals surface area contributed by atoms with E-state index in [2.05, 4.69) is 5.32 Å². The maximum absolute atomic E-state index is 11.2. The molecule has 0 aliphatic heterocycles. The Kier molecular flexibility index (Phi) is 3.23. The van der Waals surface area contributed by atoms with Crippen LogP contribution in [0.4, 0.5) is 0 Å². The molecule has 2 rings (SSSR count). The molecular weight excluding hydrogens is 216 g/mol. The minimum Gasteiger partial charge on any atom is -0.359 e. The van der Waals surface area contributed by atoms with E-state index in [0.717, 1.165) is 17.2 Å². The first-order chi connectivity index (χ1) is 8.26. The monoisotopic (exact) mass is 230 g/mol. The molecule has 0 radical (unpaired) electrons. The van der Waals surface area contributed by atoms with Crippen molar-refractivity contribution in [3.8, 4) is 0 Å². The summed E-state index contributed by atoms with van der Waals surface area (Å²) in [6, 6.07) is 7.55. The number of aldehydes is 1. The molecule has 0 atom stereocenters. The number of fused-ring (bicyclic) bond motifs is 1. The van der Waals surface area contributed by atoms with Crippen LogP contribution in [0.5, 0.6) is 0 Å². The maximum Gasteiger partial charge on any atom is 0.221 e. The van der Waals surface area contributed by atoms with Crippen LogP contribution in [0.3, 0.4) is 0 Å².